The molecule has 0 aliphatic heterocycles. The highest BCUT2D eigenvalue weighted by molar-refractivity contribution is 5.94. The number of hydrogen-bond donors (Lipinski definition) is 2. The molecule has 0 bridgehead atoms. The molecule has 1 heterocycles. The molecule has 4 nitrogen and oxygen atoms in total. The molecule has 0 radical (unpaired) electrons. The van der Waals surface area contributed by atoms with Crippen LogP contribution < -0.4 is 10.6 Å². The second-order valence-electron chi connectivity index (χ2n) is 5.89. The van der Waals surface area contributed by atoms with Crippen LogP contribution >= 0.6 is 0 Å². The molecule has 2 rings (SSSR count). The molecule has 0 fully saturated rings. The van der Waals surface area contributed by atoms with Crippen LogP contribution in [-0.4, -0.2) is 10.9 Å². The Balaban J connectivity index is 2.06. The van der Waals surface area contributed by atoms with Crippen molar-refractivity contribution in [3.63, 3.8) is 0 Å². The molecular formula is C16H17F2N3O. The van der Waals surface area contributed by atoms with Gasteiger partial charge >= 0.3 is 0 Å². The van der Waals surface area contributed by atoms with Gasteiger partial charge in [0, 0.05) is 17.2 Å². The fraction of sp³-hybridized carbons (Fsp3) is 0.250. The number of aromatic nitrogens is 1. The zero-order chi connectivity index (χ0) is 16.3. The van der Waals surface area contributed by atoms with E-state index in [1.807, 2.05) is 20.8 Å². The minimum atomic E-state index is -0.931. The van der Waals surface area contributed by atoms with E-state index in [1.165, 1.54) is 12.3 Å². The standard InChI is InChI=1S/C16H17F2N3O/c1-16(2,3)15(22)21-11-5-7-14(19-9-11)20-10-4-6-12(17)13(18)8-10/h4-9H,1-3H3,(H,19,20)(H,21,22). The van der Waals surface area contributed by atoms with Crippen molar-refractivity contribution in [3.05, 3.63) is 48.2 Å². The summed E-state index contributed by atoms with van der Waals surface area (Å²) in [7, 11) is 0. The Morgan fingerprint density at radius 1 is 1.05 bits per heavy atom. The first kappa shape index (κ1) is 15.9. The molecule has 0 unspecified atom stereocenters. The number of hydrogen-bond acceptors (Lipinski definition) is 3. The summed E-state index contributed by atoms with van der Waals surface area (Å²) >= 11 is 0. The number of nitrogens with zero attached hydrogens (tertiary/aromatic N) is 1. The second kappa shape index (κ2) is 6.09. The van der Waals surface area contributed by atoms with E-state index in [0.29, 0.717) is 17.2 Å². The highest BCUT2D eigenvalue weighted by Gasteiger charge is 2.21. The molecular weight excluding hydrogens is 288 g/mol. The topological polar surface area (TPSA) is 54.0 Å². The minimum Gasteiger partial charge on any atom is -0.340 e. The molecule has 0 atom stereocenters. The molecule has 116 valence electrons. The third-order valence-electron chi connectivity index (χ3n) is 2.89. The number of pyridine rings is 1. The van der Waals surface area contributed by atoms with Crippen molar-refractivity contribution in [2.24, 2.45) is 5.41 Å². The Kier molecular flexibility index (Phi) is 4.40. The normalized spacial score (nSPS) is 11.1. The van der Waals surface area contributed by atoms with Crippen LogP contribution in [-0.2, 0) is 4.79 Å². The summed E-state index contributed by atoms with van der Waals surface area (Å²) in [4.78, 5) is 16.0. The van der Waals surface area contributed by atoms with Crippen molar-refractivity contribution in [2.75, 3.05) is 10.6 Å². The smallest absolute Gasteiger partial charge is 0.229 e. The number of anilines is 3. The van der Waals surface area contributed by atoms with Gasteiger partial charge in [0.25, 0.3) is 0 Å². The zero-order valence-corrected chi connectivity index (χ0v) is 12.6. The van der Waals surface area contributed by atoms with Gasteiger partial charge in [-0.25, -0.2) is 13.8 Å². The van der Waals surface area contributed by atoms with E-state index in [-0.39, 0.29) is 5.91 Å². The van der Waals surface area contributed by atoms with Gasteiger partial charge in [0.1, 0.15) is 5.82 Å². The molecule has 0 aliphatic carbocycles. The Morgan fingerprint density at radius 2 is 1.73 bits per heavy atom. The summed E-state index contributed by atoms with van der Waals surface area (Å²) in [6, 6.07) is 6.82. The number of rotatable bonds is 3. The largest absolute Gasteiger partial charge is 0.340 e. The lowest BCUT2D eigenvalue weighted by Crippen LogP contribution is -2.27. The third kappa shape index (κ3) is 4.00. The van der Waals surface area contributed by atoms with Gasteiger partial charge in [-0.1, -0.05) is 20.8 Å². The SMILES string of the molecule is CC(C)(C)C(=O)Nc1ccc(Nc2ccc(F)c(F)c2)nc1. The van der Waals surface area contributed by atoms with Crippen LogP contribution in [0.3, 0.4) is 0 Å². The highest BCUT2D eigenvalue weighted by atomic mass is 19.2. The number of amides is 1. The van der Waals surface area contributed by atoms with Crippen molar-refractivity contribution in [1.82, 2.24) is 4.98 Å². The maximum Gasteiger partial charge on any atom is 0.229 e. The van der Waals surface area contributed by atoms with E-state index >= 15 is 0 Å². The summed E-state index contributed by atoms with van der Waals surface area (Å²) < 4.78 is 26.0. The third-order valence-corrected chi connectivity index (χ3v) is 2.89. The molecule has 6 heteroatoms. The predicted molar refractivity (Wildman–Crippen MR) is 82.0 cm³/mol. The lowest BCUT2D eigenvalue weighted by Gasteiger charge is -2.17. The molecule has 22 heavy (non-hydrogen) atoms. The van der Waals surface area contributed by atoms with Crippen molar-refractivity contribution >= 4 is 23.1 Å². The van der Waals surface area contributed by atoms with Gasteiger partial charge in [0.15, 0.2) is 11.6 Å². The zero-order valence-electron chi connectivity index (χ0n) is 12.6. The molecule has 0 aliphatic rings. The number of nitrogens with one attached hydrogen (secondary N) is 2. The second-order valence-corrected chi connectivity index (χ2v) is 5.89. The summed E-state index contributed by atoms with van der Waals surface area (Å²) in [6.45, 7) is 5.44. The molecule has 0 spiro atoms. The van der Waals surface area contributed by atoms with Crippen LogP contribution in [0.1, 0.15) is 20.8 Å². The van der Waals surface area contributed by atoms with Gasteiger partial charge in [-0.2, -0.15) is 0 Å². The van der Waals surface area contributed by atoms with Crippen molar-refractivity contribution in [1.29, 1.82) is 0 Å². The molecule has 2 N–H and O–H groups in total. The van der Waals surface area contributed by atoms with Crippen molar-refractivity contribution in [3.8, 4) is 0 Å². The first-order valence-corrected chi connectivity index (χ1v) is 6.75. The van der Waals surface area contributed by atoms with Crippen molar-refractivity contribution in [2.45, 2.75) is 20.8 Å². The van der Waals surface area contributed by atoms with Crippen molar-refractivity contribution < 1.29 is 13.6 Å². The van der Waals surface area contributed by atoms with Gasteiger partial charge < -0.3 is 10.6 Å². The molecule has 1 aromatic carbocycles. The predicted octanol–water partition coefficient (Wildman–Crippen LogP) is 4.09. The van der Waals surface area contributed by atoms with Gasteiger partial charge in [-0.15, -0.1) is 0 Å². The van der Waals surface area contributed by atoms with Gasteiger partial charge in [-0.05, 0) is 24.3 Å². The summed E-state index contributed by atoms with van der Waals surface area (Å²) in [6.07, 6.45) is 1.49. The van der Waals surface area contributed by atoms with E-state index in [1.54, 1.807) is 12.1 Å². The lowest BCUT2D eigenvalue weighted by atomic mass is 9.96. The number of carbonyl (C=O) groups is 1. The highest BCUT2D eigenvalue weighted by Crippen LogP contribution is 2.20. The number of carbonyl (C=O) groups excluding carboxylic acids is 1. The Hall–Kier alpha value is -2.50. The van der Waals surface area contributed by atoms with E-state index in [0.717, 1.165) is 12.1 Å². The monoisotopic (exact) mass is 305 g/mol. The van der Waals surface area contributed by atoms with E-state index in [2.05, 4.69) is 15.6 Å². The van der Waals surface area contributed by atoms with Gasteiger partial charge in [0.05, 0.1) is 11.9 Å². The molecule has 1 amide bonds. The van der Waals surface area contributed by atoms with E-state index in [4.69, 9.17) is 0 Å². The molecule has 1 aromatic heterocycles. The van der Waals surface area contributed by atoms with Crippen LogP contribution in [0.15, 0.2) is 36.5 Å². The number of halogens is 2. The summed E-state index contributed by atoms with van der Waals surface area (Å²) in [5.74, 6) is -1.49. The minimum absolute atomic E-state index is 0.115. The van der Waals surface area contributed by atoms with Crippen LogP contribution in [0.5, 0.6) is 0 Å². The quantitative estimate of drug-likeness (QED) is 0.898. The first-order valence-electron chi connectivity index (χ1n) is 6.75. The van der Waals surface area contributed by atoms with Crippen LogP contribution in [0.2, 0.25) is 0 Å². The van der Waals surface area contributed by atoms with Crippen LogP contribution in [0.4, 0.5) is 26.0 Å². The van der Waals surface area contributed by atoms with Gasteiger partial charge in [0.2, 0.25) is 5.91 Å². The molecule has 0 saturated carbocycles. The Labute approximate surface area is 127 Å². The van der Waals surface area contributed by atoms with E-state index < -0.39 is 17.0 Å². The van der Waals surface area contributed by atoms with E-state index in [9.17, 15) is 13.6 Å². The molecule has 2 aromatic rings. The van der Waals surface area contributed by atoms with Crippen LogP contribution in [0, 0.1) is 17.0 Å². The van der Waals surface area contributed by atoms with Crippen LogP contribution in [0.25, 0.3) is 0 Å². The first-order chi connectivity index (χ1) is 10.3. The average Bonchev–Trinajstić information content (AvgIpc) is 2.44. The molecule has 0 saturated heterocycles. The Morgan fingerprint density at radius 3 is 2.27 bits per heavy atom. The summed E-state index contributed by atoms with van der Waals surface area (Å²) in [5, 5.41) is 5.60. The van der Waals surface area contributed by atoms with Gasteiger partial charge in [-0.3, -0.25) is 4.79 Å². The lowest BCUT2D eigenvalue weighted by molar-refractivity contribution is -0.123. The number of benzene rings is 1. The fourth-order valence-corrected chi connectivity index (χ4v) is 1.58. The average molecular weight is 305 g/mol. The maximum atomic E-state index is 13.1. The Bertz CT molecular complexity index is 679. The fourth-order valence-electron chi connectivity index (χ4n) is 1.58. The maximum absolute atomic E-state index is 13.1. The summed E-state index contributed by atoms with van der Waals surface area (Å²) in [5.41, 5.74) is 0.455.